The lowest BCUT2D eigenvalue weighted by Gasteiger charge is -2.40. The van der Waals surface area contributed by atoms with Gasteiger partial charge >= 0.3 is 0 Å². The summed E-state index contributed by atoms with van der Waals surface area (Å²) in [4.78, 5) is 0.0322. The third kappa shape index (κ3) is 11.1. The zero-order valence-electron chi connectivity index (χ0n) is 26.0. The van der Waals surface area contributed by atoms with Crippen molar-refractivity contribution in [2.75, 3.05) is 19.8 Å². The molecule has 3 aliphatic rings. The quantitative estimate of drug-likeness (QED) is 0.0588. The second kappa shape index (κ2) is 17.2. The molecular weight excluding hydrogens is 584 g/mol. The molecule has 0 bridgehead atoms. The van der Waals surface area contributed by atoms with Gasteiger partial charge in [-0.1, -0.05) is 67.6 Å². The predicted octanol–water partition coefficient (Wildman–Crippen LogP) is 8.76. The van der Waals surface area contributed by atoms with Gasteiger partial charge in [0.15, 0.2) is 20.9 Å². The Morgan fingerprint density at radius 3 is 2.27 bits per heavy atom. The van der Waals surface area contributed by atoms with Crippen molar-refractivity contribution in [1.82, 2.24) is 0 Å². The van der Waals surface area contributed by atoms with Gasteiger partial charge in [-0.05, 0) is 94.7 Å². The number of halogens is 1. The van der Waals surface area contributed by atoms with Crippen molar-refractivity contribution in [3.63, 3.8) is 0 Å². The molecule has 2 unspecified atom stereocenters. The monoisotopic (exact) mass is 640 g/mol. The van der Waals surface area contributed by atoms with Gasteiger partial charge in [0.2, 0.25) is 0 Å². The van der Waals surface area contributed by atoms with E-state index in [1.165, 1.54) is 38.5 Å². The molecule has 2 heterocycles. The zero-order valence-corrected chi connectivity index (χ0v) is 28.6. The first-order valence-corrected chi connectivity index (χ1v) is 19.9. The Balaban J connectivity index is 1.57. The molecule has 2 saturated heterocycles. The summed E-state index contributed by atoms with van der Waals surface area (Å²) in [5, 5.41) is 0.155. The van der Waals surface area contributed by atoms with Gasteiger partial charge in [0.25, 0.3) is 0 Å². The average Bonchev–Trinajstić information content (AvgIpc) is 3.22. The molecule has 0 amide bonds. The van der Waals surface area contributed by atoms with E-state index in [0.717, 1.165) is 64.8 Å². The van der Waals surface area contributed by atoms with Crippen LogP contribution in [0.3, 0.4) is 0 Å². The van der Waals surface area contributed by atoms with Crippen LogP contribution in [0, 0.1) is 24.2 Å². The molecule has 7 atom stereocenters. The number of rotatable bonds is 15. The summed E-state index contributed by atoms with van der Waals surface area (Å²) in [6, 6.07) is 0. The van der Waals surface area contributed by atoms with Crippen LogP contribution in [-0.2, 0) is 23.4 Å². The predicted molar refractivity (Wildman–Crippen MR) is 170 cm³/mol. The van der Waals surface area contributed by atoms with Crippen LogP contribution in [0.5, 0.6) is 0 Å². The molecule has 40 heavy (non-hydrogen) atoms. The third-order valence-corrected chi connectivity index (χ3v) is 14.5. The summed E-state index contributed by atoms with van der Waals surface area (Å²) in [5.74, 6) is 3.50. The number of terminal acetylenes is 1. The maximum absolute atomic E-state index is 7.07. The second-order valence-electron chi connectivity index (χ2n) is 13.5. The third-order valence-electron chi connectivity index (χ3n) is 9.31. The van der Waals surface area contributed by atoms with E-state index >= 15 is 0 Å². The Morgan fingerprint density at radius 1 is 0.975 bits per heavy atom. The number of hydrogen-bond acceptors (Lipinski definition) is 5. The molecule has 0 aromatic carbocycles. The number of allylic oxidation sites excluding steroid dienone is 1. The van der Waals surface area contributed by atoms with Crippen molar-refractivity contribution in [3.05, 3.63) is 12.2 Å². The minimum absolute atomic E-state index is 0.0308. The van der Waals surface area contributed by atoms with Gasteiger partial charge in [0.05, 0.1) is 17.0 Å². The van der Waals surface area contributed by atoms with Crippen LogP contribution in [-0.4, -0.2) is 57.8 Å². The fraction of sp³-hybridized carbons (Fsp3) is 0.879. The molecule has 2 aliphatic heterocycles. The molecule has 0 radical (unpaired) electrons. The van der Waals surface area contributed by atoms with Gasteiger partial charge < -0.3 is 23.4 Å². The van der Waals surface area contributed by atoms with E-state index in [4.69, 9.17) is 29.8 Å². The van der Waals surface area contributed by atoms with Crippen LogP contribution in [0.15, 0.2) is 12.2 Å². The summed E-state index contributed by atoms with van der Waals surface area (Å²) in [5.41, 5.74) is 0. The number of ether oxygens (including phenoxy) is 4. The van der Waals surface area contributed by atoms with Crippen molar-refractivity contribution in [2.45, 2.75) is 152 Å². The lowest BCUT2D eigenvalue weighted by Crippen LogP contribution is -2.45. The van der Waals surface area contributed by atoms with Crippen molar-refractivity contribution >= 4 is 24.2 Å². The van der Waals surface area contributed by atoms with Gasteiger partial charge in [-0.15, -0.1) is 6.42 Å². The fourth-order valence-corrected chi connectivity index (χ4v) is 7.66. The van der Waals surface area contributed by atoms with Crippen LogP contribution in [0.1, 0.15) is 104 Å². The molecule has 3 rings (SSSR count). The molecule has 5 nitrogen and oxygen atoms in total. The Bertz CT molecular complexity index is 779. The Kier molecular flexibility index (Phi) is 14.7. The fourth-order valence-electron chi connectivity index (χ4n) is 5.85. The standard InChI is InChI=1S/C33H57BrO5Si/c1-7-26(34)24-28-27(18-12-10-8-9-11-15-21-35-31-19-13-16-22-36-31)29(38-32-20-14-17-23-37-32)25-30(28)39-40(5,6)33(2,3)4/h1,12,18,26-32H,8-11,13-17,19-25H2,2-6H3/b18-12+/t26-,27-,28-,29-,30+,31?,32?/m1/s1. The smallest absolute Gasteiger partial charge is 0.192 e. The highest BCUT2D eigenvalue weighted by Gasteiger charge is 2.49. The summed E-state index contributed by atoms with van der Waals surface area (Å²) < 4.78 is 31.3. The van der Waals surface area contributed by atoms with Crippen LogP contribution in [0.25, 0.3) is 0 Å². The Morgan fingerprint density at radius 2 is 1.65 bits per heavy atom. The Labute approximate surface area is 255 Å². The summed E-state index contributed by atoms with van der Waals surface area (Å²) in [7, 11) is -1.95. The maximum Gasteiger partial charge on any atom is 0.192 e. The first-order valence-electron chi connectivity index (χ1n) is 16.1. The highest BCUT2D eigenvalue weighted by Crippen LogP contribution is 2.46. The lowest BCUT2D eigenvalue weighted by atomic mass is 9.88. The topological polar surface area (TPSA) is 46.2 Å². The minimum atomic E-state index is -1.95. The second-order valence-corrected chi connectivity index (χ2v) is 19.4. The van der Waals surface area contributed by atoms with Crippen LogP contribution in [0.4, 0.5) is 0 Å². The zero-order chi connectivity index (χ0) is 29.0. The highest BCUT2D eigenvalue weighted by molar-refractivity contribution is 9.09. The molecular formula is C33H57BrO5Si. The van der Waals surface area contributed by atoms with Crippen molar-refractivity contribution in [1.29, 1.82) is 0 Å². The molecule has 7 heteroatoms. The highest BCUT2D eigenvalue weighted by atomic mass is 79.9. The number of hydrogen-bond donors (Lipinski definition) is 0. The summed E-state index contributed by atoms with van der Waals surface area (Å²) in [6.45, 7) is 14.1. The molecule has 0 N–H and O–H groups in total. The minimum Gasteiger partial charge on any atom is -0.414 e. The Hall–Kier alpha value is -0.203. The first-order chi connectivity index (χ1) is 19.1. The van der Waals surface area contributed by atoms with E-state index in [2.05, 4.69) is 67.9 Å². The van der Waals surface area contributed by atoms with E-state index in [9.17, 15) is 0 Å². The average molecular weight is 642 g/mol. The van der Waals surface area contributed by atoms with Gasteiger partial charge in [0, 0.05) is 25.7 Å². The van der Waals surface area contributed by atoms with Crippen LogP contribution in [0.2, 0.25) is 18.1 Å². The molecule has 3 fully saturated rings. The maximum atomic E-state index is 7.07. The van der Waals surface area contributed by atoms with Crippen molar-refractivity contribution < 1.29 is 23.4 Å². The van der Waals surface area contributed by atoms with E-state index in [-0.39, 0.29) is 40.6 Å². The van der Waals surface area contributed by atoms with E-state index in [1.54, 1.807) is 0 Å². The van der Waals surface area contributed by atoms with Crippen LogP contribution < -0.4 is 0 Å². The van der Waals surface area contributed by atoms with Crippen molar-refractivity contribution in [3.8, 4) is 12.3 Å². The van der Waals surface area contributed by atoms with E-state index in [1.807, 2.05) is 0 Å². The van der Waals surface area contributed by atoms with Gasteiger partial charge in [-0.2, -0.15) is 0 Å². The number of alkyl halides is 1. The molecule has 1 saturated carbocycles. The molecule has 230 valence electrons. The SMILES string of the molecule is C#C[C@@H](Br)C[C@@H]1[C@@H](/C=C/CCCCCCOC2CCCCO2)[C@H](OC2CCCCO2)C[C@@H]1O[Si](C)(C)C(C)(C)C. The number of unbranched alkanes of at least 4 members (excludes halogenated alkanes) is 4. The largest absolute Gasteiger partial charge is 0.414 e. The molecule has 0 aromatic rings. The van der Waals surface area contributed by atoms with Gasteiger partial charge in [0.1, 0.15) is 0 Å². The lowest BCUT2D eigenvalue weighted by molar-refractivity contribution is -0.193. The summed E-state index contributed by atoms with van der Waals surface area (Å²) in [6.07, 6.45) is 25.1. The van der Waals surface area contributed by atoms with Gasteiger partial charge in [-0.25, -0.2) is 0 Å². The molecule has 1 aliphatic carbocycles. The van der Waals surface area contributed by atoms with Crippen molar-refractivity contribution in [2.24, 2.45) is 11.8 Å². The normalized spacial score (nSPS) is 30.9. The van der Waals surface area contributed by atoms with Gasteiger partial charge in [-0.3, -0.25) is 0 Å². The molecule has 0 aromatic heterocycles. The first kappa shape index (κ1) is 34.3. The van der Waals surface area contributed by atoms with Crippen LogP contribution >= 0.6 is 15.9 Å². The summed E-state index contributed by atoms with van der Waals surface area (Å²) >= 11 is 3.74. The molecule has 0 spiro atoms. The van der Waals surface area contributed by atoms with E-state index < -0.39 is 8.32 Å². The van der Waals surface area contributed by atoms with E-state index in [0.29, 0.717) is 5.92 Å².